The minimum Gasteiger partial charge on any atom is -0.395 e. The number of hydrogen-bond acceptors (Lipinski definition) is 3. The predicted molar refractivity (Wildman–Crippen MR) is 46.5 cm³/mol. The second-order valence-electron chi connectivity index (χ2n) is 3.28. The summed E-state index contributed by atoms with van der Waals surface area (Å²) >= 11 is 0. The van der Waals surface area contributed by atoms with Crippen molar-refractivity contribution in [2.75, 3.05) is 19.7 Å². The van der Waals surface area contributed by atoms with E-state index in [2.05, 4.69) is 11.0 Å². The van der Waals surface area contributed by atoms with Gasteiger partial charge in [-0.15, -0.1) is 0 Å². The van der Waals surface area contributed by atoms with Gasteiger partial charge in [-0.1, -0.05) is 0 Å². The van der Waals surface area contributed by atoms with E-state index < -0.39 is 0 Å². The predicted octanol–water partition coefficient (Wildman–Crippen LogP) is 0.747. The third-order valence-electron chi connectivity index (χ3n) is 2.44. The van der Waals surface area contributed by atoms with Crippen molar-refractivity contribution in [3.05, 3.63) is 0 Å². The molecule has 1 aliphatic heterocycles. The van der Waals surface area contributed by atoms with Crippen molar-refractivity contribution in [2.24, 2.45) is 0 Å². The van der Waals surface area contributed by atoms with Gasteiger partial charge >= 0.3 is 0 Å². The zero-order chi connectivity index (χ0) is 8.81. The molecule has 0 aromatic carbocycles. The standard InChI is InChI=1S/C9H16N2O/c10-5-1-2-6-11-7-3-4-9(11)8-12/h9,12H,1-4,6-8H2/t9-/m1/s1. The Kier molecular flexibility index (Phi) is 4.06. The molecule has 0 unspecified atom stereocenters. The fraction of sp³-hybridized carbons (Fsp3) is 0.889. The van der Waals surface area contributed by atoms with E-state index >= 15 is 0 Å². The van der Waals surface area contributed by atoms with Crippen molar-refractivity contribution in [1.82, 2.24) is 4.90 Å². The number of hydrogen-bond donors (Lipinski definition) is 1. The number of nitrogens with zero attached hydrogens (tertiary/aromatic N) is 2. The Balaban J connectivity index is 2.18. The molecule has 3 nitrogen and oxygen atoms in total. The Morgan fingerprint density at radius 1 is 1.58 bits per heavy atom. The van der Waals surface area contributed by atoms with E-state index in [0.717, 1.165) is 25.9 Å². The van der Waals surface area contributed by atoms with Gasteiger partial charge in [0.25, 0.3) is 0 Å². The third-order valence-corrected chi connectivity index (χ3v) is 2.44. The Morgan fingerprint density at radius 2 is 2.42 bits per heavy atom. The van der Waals surface area contributed by atoms with Crippen LogP contribution in [0.2, 0.25) is 0 Å². The lowest BCUT2D eigenvalue weighted by Crippen LogP contribution is -2.32. The second-order valence-corrected chi connectivity index (χ2v) is 3.28. The van der Waals surface area contributed by atoms with E-state index in [-0.39, 0.29) is 6.61 Å². The maximum Gasteiger partial charge on any atom is 0.0622 e. The van der Waals surface area contributed by atoms with Crippen LogP contribution in [0, 0.1) is 11.3 Å². The summed E-state index contributed by atoms with van der Waals surface area (Å²) in [4.78, 5) is 2.29. The monoisotopic (exact) mass is 168 g/mol. The van der Waals surface area contributed by atoms with Crippen LogP contribution in [0.3, 0.4) is 0 Å². The number of aliphatic hydroxyl groups excluding tert-OH is 1. The summed E-state index contributed by atoms with van der Waals surface area (Å²) in [6, 6.07) is 2.50. The van der Waals surface area contributed by atoms with Gasteiger partial charge in [-0.3, -0.25) is 4.90 Å². The van der Waals surface area contributed by atoms with E-state index in [1.807, 2.05) is 0 Å². The molecule has 1 atom stereocenters. The summed E-state index contributed by atoms with van der Waals surface area (Å²) in [5.41, 5.74) is 0. The first-order chi connectivity index (χ1) is 5.88. The normalized spacial score (nSPS) is 24.2. The first kappa shape index (κ1) is 9.50. The number of unbranched alkanes of at least 4 members (excludes halogenated alkanes) is 1. The highest BCUT2D eigenvalue weighted by molar-refractivity contribution is 4.79. The Bertz CT molecular complexity index is 164. The van der Waals surface area contributed by atoms with Crippen LogP contribution in [0.25, 0.3) is 0 Å². The Hall–Kier alpha value is -0.590. The van der Waals surface area contributed by atoms with Crippen molar-refractivity contribution in [1.29, 1.82) is 5.26 Å². The molecule has 0 aromatic heterocycles. The van der Waals surface area contributed by atoms with E-state index in [4.69, 9.17) is 10.4 Å². The molecule has 68 valence electrons. The summed E-state index contributed by atoms with van der Waals surface area (Å²) < 4.78 is 0. The average molecular weight is 168 g/mol. The summed E-state index contributed by atoms with van der Waals surface area (Å²) in [6.45, 7) is 2.34. The zero-order valence-corrected chi connectivity index (χ0v) is 7.37. The zero-order valence-electron chi connectivity index (χ0n) is 7.37. The lowest BCUT2D eigenvalue weighted by molar-refractivity contribution is 0.158. The van der Waals surface area contributed by atoms with E-state index in [9.17, 15) is 0 Å². The molecule has 1 N–H and O–H groups in total. The summed E-state index contributed by atoms with van der Waals surface area (Å²) in [5, 5.41) is 17.3. The quantitative estimate of drug-likeness (QED) is 0.630. The van der Waals surface area contributed by atoms with Gasteiger partial charge in [0, 0.05) is 12.5 Å². The van der Waals surface area contributed by atoms with E-state index in [1.54, 1.807) is 0 Å². The first-order valence-corrected chi connectivity index (χ1v) is 4.60. The lowest BCUT2D eigenvalue weighted by Gasteiger charge is -2.21. The summed E-state index contributed by atoms with van der Waals surface area (Å²) in [6.07, 6.45) is 3.88. The topological polar surface area (TPSA) is 47.3 Å². The maximum atomic E-state index is 8.99. The number of rotatable bonds is 4. The summed E-state index contributed by atoms with van der Waals surface area (Å²) in [5.74, 6) is 0. The molecule has 0 spiro atoms. The molecule has 0 aliphatic carbocycles. The Labute approximate surface area is 73.6 Å². The molecule has 12 heavy (non-hydrogen) atoms. The fourth-order valence-corrected chi connectivity index (χ4v) is 1.76. The van der Waals surface area contributed by atoms with Crippen LogP contribution in [-0.4, -0.2) is 35.7 Å². The van der Waals surface area contributed by atoms with Crippen LogP contribution in [-0.2, 0) is 0 Å². The van der Waals surface area contributed by atoms with Gasteiger partial charge in [0.1, 0.15) is 0 Å². The molecule has 0 saturated carbocycles. The molecule has 1 rings (SSSR count). The molecular formula is C9H16N2O. The molecule has 1 saturated heterocycles. The van der Waals surface area contributed by atoms with Crippen molar-refractivity contribution in [3.8, 4) is 6.07 Å². The van der Waals surface area contributed by atoms with Crippen LogP contribution < -0.4 is 0 Å². The molecule has 0 radical (unpaired) electrons. The summed E-state index contributed by atoms with van der Waals surface area (Å²) in [7, 11) is 0. The van der Waals surface area contributed by atoms with Gasteiger partial charge in [0.15, 0.2) is 0 Å². The van der Waals surface area contributed by atoms with Gasteiger partial charge in [0.2, 0.25) is 0 Å². The number of aliphatic hydroxyl groups is 1. The minimum atomic E-state index is 0.270. The van der Waals surface area contributed by atoms with Crippen LogP contribution >= 0.6 is 0 Å². The highest BCUT2D eigenvalue weighted by atomic mass is 16.3. The van der Waals surface area contributed by atoms with Crippen LogP contribution in [0.5, 0.6) is 0 Å². The molecule has 0 aromatic rings. The SMILES string of the molecule is N#CCCCN1CCC[C@@H]1CO. The van der Waals surface area contributed by atoms with Gasteiger partial charge < -0.3 is 5.11 Å². The first-order valence-electron chi connectivity index (χ1n) is 4.60. The Morgan fingerprint density at radius 3 is 3.08 bits per heavy atom. The molecule has 0 amide bonds. The van der Waals surface area contributed by atoms with Gasteiger partial charge in [-0.2, -0.15) is 5.26 Å². The second kappa shape index (κ2) is 5.13. The highest BCUT2D eigenvalue weighted by Crippen LogP contribution is 2.16. The third kappa shape index (κ3) is 2.47. The van der Waals surface area contributed by atoms with Crippen LogP contribution in [0.15, 0.2) is 0 Å². The lowest BCUT2D eigenvalue weighted by atomic mass is 10.2. The van der Waals surface area contributed by atoms with Gasteiger partial charge in [-0.25, -0.2) is 0 Å². The van der Waals surface area contributed by atoms with Crippen molar-refractivity contribution < 1.29 is 5.11 Å². The van der Waals surface area contributed by atoms with Crippen LogP contribution in [0.1, 0.15) is 25.7 Å². The van der Waals surface area contributed by atoms with Gasteiger partial charge in [-0.05, 0) is 32.4 Å². The van der Waals surface area contributed by atoms with Crippen molar-refractivity contribution in [2.45, 2.75) is 31.7 Å². The average Bonchev–Trinajstić information content (AvgIpc) is 2.52. The molecule has 0 bridgehead atoms. The number of nitriles is 1. The van der Waals surface area contributed by atoms with Crippen molar-refractivity contribution in [3.63, 3.8) is 0 Å². The molecular weight excluding hydrogens is 152 g/mol. The molecule has 3 heteroatoms. The van der Waals surface area contributed by atoms with Gasteiger partial charge in [0.05, 0.1) is 12.7 Å². The minimum absolute atomic E-state index is 0.270. The fourth-order valence-electron chi connectivity index (χ4n) is 1.76. The van der Waals surface area contributed by atoms with Crippen LogP contribution in [0.4, 0.5) is 0 Å². The molecule has 1 heterocycles. The molecule has 1 fully saturated rings. The van der Waals surface area contributed by atoms with Crippen molar-refractivity contribution >= 4 is 0 Å². The number of likely N-dealkylation sites (tertiary alicyclic amines) is 1. The van der Waals surface area contributed by atoms with E-state index in [0.29, 0.717) is 12.5 Å². The van der Waals surface area contributed by atoms with E-state index in [1.165, 1.54) is 6.42 Å². The highest BCUT2D eigenvalue weighted by Gasteiger charge is 2.22. The maximum absolute atomic E-state index is 8.99. The smallest absolute Gasteiger partial charge is 0.0622 e. The largest absolute Gasteiger partial charge is 0.395 e. The molecule has 1 aliphatic rings.